The zero-order chi connectivity index (χ0) is 20.3. The second-order valence-electron chi connectivity index (χ2n) is 6.41. The third-order valence-corrected chi connectivity index (χ3v) is 5.45. The summed E-state index contributed by atoms with van der Waals surface area (Å²) in [7, 11) is 7.29. The topological polar surface area (TPSA) is 18.5 Å². The van der Waals surface area contributed by atoms with E-state index in [1.54, 1.807) is 0 Å². The number of allylic oxidation sites excluding steroid dienone is 8. The molecule has 0 spiro atoms. The van der Waals surface area contributed by atoms with Crippen molar-refractivity contribution in [3.8, 4) is 0 Å². The molecule has 0 aliphatic carbocycles. The molecule has 0 aromatic heterocycles. The first-order chi connectivity index (χ1) is 13.0. The monoisotopic (exact) mass is 446 g/mol. The van der Waals surface area contributed by atoms with E-state index in [1.165, 1.54) is 12.8 Å². The lowest BCUT2D eigenvalue weighted by atomic mass is 10.1. The molecule has 6 atom stereocenters. The molecule has 154 valence electrons. The Morgan fingerprint density at radius 2 is 1.52 bits per heavy atom. The Hall–Kier alpha value is 0.340. The minimum Gasteiger partial charge on any atom is -0.358 e. The van der Waals surface area contributed by atoms with Crippen LogP contribution in [0, 0.1) is 5.92 Å². The lowest BCUT2D eigenvalue weighted by molar-refractivity contribution is 0.276. The van der Waals surface area contributed by atoms with Gasteiger partial charge in [0, 0.05) is 9.47 Å². The first kappa shape index (κ1) is 27.3. The molecule has 0 radical (unpaired) electrons. The normalized spacial score (nSPS) is 16.7. The fourth-order valence-electron chi connectivity index (χ4n) is 2.23. The van der Waals surface area contributed by atoms with Crippen molar-refractivity contribution in [1.82, 2.24) is 0 Å². The summed E-state index contributed by atoms with van der Waals surface area (Å²) >= 11 is 0. The van der Waals surface area contributed by atoms with Crippen LogP contribution in [0.25, 0.3) is 0 Å². The van der Waals surface area contributed by atoms with Crippen LogP contribution in [0.4, 0.5) is 0 Å². The van der Waals surface area contributed by atoms with Crippen molar-refractivity contribution in [3.05, 3.63) is 60.8 Å². The van der Waals surface area contributed by atoms with Crippen LogP contribution < -0.4 is 0 Å². The number of unbranched alkanes of at least 4 members (excludes halogenated alkanes) is 1. The Balaban J connectivity index is 4.14. The molecule has 6 unspecified atom stereocenters. The van der Waals surface area contributed by atoms with Gasteiger partial charge in [-0.1, -0.05) is 112 Å². The molecule has 0 aromatic rings. The summed E-state index contributed by atoms with van der Waals surface area (Å²) in [5.41, 5.74) is 0. The van der Waals surface area contributed by atoms with Crippen molar-refractivity contribution in [2.75, 3.05) is 0 Å². The molecule has 0 saturated heterocycles. The van der Waals surface area contributed by atoms with Gasteiger partial charge in [0.15, 0.2) is 0 Å². The molecule has 0 aliphatic rings. The summed E-state index contributed by atoms with van der Waals surface area (Å²) in [6.07, 6.45) is 27.1. The fraction of sp³-hybridized carbons (Fsp3) is 0.524. The number of hydrogen-bond acceptors (Lipinski definition) is 2. The lowest BCUT2D eigenvalue weighted by Crippen LogP contribution is -2.02. The SMILES string of the molecule is CCCCC(/C=C/C=C/C=C/C(C)C/C=C\C=C\C(CC)OP(P)P)OP. The van der Waals surface area contributed by atoms with Crippen molar-refractivity contribution < 1.29 is 9.05 Å². The van der Waals surface area contributed by atoms with Crippen LogP contribution in [0.5, 0.6) is 0 Å². The van der Waals surface area contributed by atoms with Crippen LogP contribution in [0.3, 0.4) is 0 Å². The molecule has 0 rings (SSSR count). The maximum absolute atomic E-state index is 5.79. The third kappa shape index (κ3) is 18.1. The highest BCUT2D eigenvalue weighted by Crippen LogP contribution is 2.54. The highest BCUT2D eigenvalue weighted by atomic mass is 32.4. The van der Waals surface area contributed by atoms with Crippen LogP contribution in [0.15, 0.2) is 60.8 Å². The van der Waals surface area contributed by atoms with Crippen LogP contribution in [0.2, 0.25) is 0 Å². The molecule has 0 bridgehead atoms. The van der Waals surface area contributed by atoms with E-state index in [9.17, 15) is 0 Å². The number of rotatable bonds is 15. The number of hydrogen-bond donors (Lipinski definition) is 0. The van der Waals surface area contributed by atoms with Gasteiger partial charge < -0.3 is 9.05 Å². The Morgan fingerprint density at radius 1 is 0.889 bits per heavy atom. The van der Waals surface area contributed by atoms with E-state index < -0.39 is 7.53 Å². The lowest BCUT2D eigenvalue weighted by Gasteiger charge is -2.13. The van der Waals surface area contributed by atoms with Gasteiger partial charge in [0.25, 0.3) is 0 Å². The largest absolute Gasteiger partial charge is 0.358 e. The molecule has 0 N–H and O–H groups in total. The molecule has 2 nitrogen and oxygen atoms in total. The van der Waals surface area contributed by atoms with Crippen molar-refractivity contribution in [3.63, 3.8) is 0 Å². The summed E-state index contributed by atoms with van der Waals surface area (Å²) in [6, 6.07) is 0. The molecular weight excluding hydrogens is 408 g/mol. The molecule has 6 heteroatoms. The van der Waals surface area contributed by atoms with E-state index in [0.29, 0.717) is 5.92 Å². The van der Waals surface area contributed by atoms with Crippen molar-refractivity contribution in [2.24, 2.45) is 5.92 Å². The van der Waals surface area contributed by atoms with Gasteiger partial charge in [0.05, 0.1) is 19.7 Å². The predicted octanol–water partition coefficient (Wildman–Crippen LogP) is 7.93. The molecule has 0 amide bonds. The second kappa shape index (κ2) is 19.6. The molecule has 27 heavy (non-hydrogen) atoms. The highest BCUT2D eigenvalue weighted by molar-refractivity contribution is 8.41. The maximum atomic E-state index is 5.79. The van der Waals surface area contributed by atoms with E-state index in [1.807, 2.05) is 0 Å². The van der Waals surface area contributed by atoms with E-state index in [2.05, 4.69) is 109 Å². The van der Waals surface area contributed by atoms with E-state index in [-0.39, 0.29) is 12.2 Å². The molecular formula is C21H38O2P4. The van der Waals surface area contributed by atoms with Crippen LogP contribution in [-0.2, 0) is 9.05 Å². The summed E-state index contributed by atoms with van der Waals surface area (Å²) in [5.74, 6) is 0.515. The van der Waals surface area contributed by atoms with Gasteiger partial charge in [-0.25, -0.2) is 0 Å². The zero-order valence-electron chi connectivity index (χ0n) is 17.0. The average molecular weight is 446 g/mol. The van der Waals surface area contributed by atoms with Gasteiger partial charge in [-0.15, -0.1) is 0 Å². The Bertz CT molecular complexity index is 485. The summed E-state index contributed by atoms with van der Waals surface area (Å²) in [4.78, 5) is 0. The second-order valence-corrected chi connectivity index (χ2v) is 12.5. The Labute approximate surface area is 175 Å². The molecule has 0 aromatic carbocycles. The van der Waals surface area contributed by atoms with Gasteiger partial charge in [0.2, 0.25) is 0 Å². The highest BCUT2D eigenvalue weighted by Gasteiger charge is 2.03. The van der Waals surface area contributed by atoms with Gasteiger partial charge in [-0.3, -0.25) is 0 Å². The quantitative estimate of drug-likeness (QED) is 0.188. The minimum atomic E-state index is -0.470. The first-order valence-corrected chi connectivity index (χ1v) is 14.7. The van der Waals surface area contributed by atoms with E-state index in [0.717, 1.165) is 19.3 Å². The van der Waals surface area contributed by atoms with E-state index in [4.69, 9.17) is 9.05 Å². The molecule has 0 saturated carbocycles. The minimum absolute atomic E-state index is 0.192. The van der Waals surface area contributed by atoms with Crippen molar-refractivity contribution in [2.45, 2.75) is 65.1 Å². The van der Waals surface area contributed by atoms with Gasteiger partial charge in [-0.2, -0.15) is 0 Å². The van der Waals surface area contributed by atoms with Crippen molar-refractivity contribution in [1.29, 1.82) is 0 Å². The van der Waals surface area contributed by atoms with Crippen molar-refractivity contribution >= 4 is 34.8 Å². The van der Waals surface area contributed by atoms with Crippen LogP contribution in [0.1, 0.15) is 52.9 Å². The zero-order valence-corrected chi connectivity index (χ0v) is 21.4. The third-order valence-electron chi connectivity index (χ3n) is 3.86. The van der Waals surface area contributed by atoms with Gasteiger partial charge in [-0.05, 0) is 25.2 Å². The smallest absolute Gasteiger partial charge is 0.0807 e. The summed E-state index contributed by atoms with van der Waals surface area (Å²) < 4.78 is 11.1. The molecule has 0 fully saturated rings. The average Bonchev–Trinajstić information content (AvgIpc) is 2.65. The summed E-state index contributed by atoms with van der Waals surface area (Å²) in [5, 5.41) is 0. The molecule has 0 aliphatic heterocycles. The van der Waals surface area contributed by atoms with Crippen LogP contribution >= 0.6 is 34.8 Å². The van der Waals surface area contributed by atoms with Gasteiger partial charge >= 0.3 is 0 Å². The molecule has 0 heterocycles. The fourth-order valence-corrected chi connectivity index (χ4v) is 3.92. The van der Waals surface area contributed by atoms with Gasteiger partial charge in [0.1, 0.15) is 0 Å². The van der Waals surface area contributed by atoms with E-state index >= 15 is 0 Å². The predicted molar refractivity (Wildman–Crippen MR) is 135 cm³/mol. The van der Waals surface area contributed by atoms with Crippen LogP contribution in [-0.4, -0.2) is 12.2 Å². The first-order valence-electron chi connectivity index (χ1n) is 9.70. The Morgan fingerprint density at radius 3 is 2.11 bits per heavy atom. The standard InChI is InChI=1S/C21H38O2P4/c1-4-6-16-21(22-24)18-12-8-7-10-14-19(3)15-11-9-13-17-20(5-2)23-27(25)26/h7-14,17-21H,4-6,15-16,24-26H2,1-3H3/b8-7+,11-9-,14-10+,17-13+,18-12+. The Kier molecular flexibility index (Phi) is 19.9. The summed E-state index contributed by atoms with van der Waals surface area (Å²) in [6.45, 7) is 6.57. The maximum Gasteiger partial charge on any atom is 0.0807 e.